The van der Waals surface area contributed by atoms with Crippen molar-refractivity contribution in [1.29, 1.82) is 0 Å². The molecule has 7 heteroatoms. The van der Waals surface area contributed by atoms with Gasteiger partial charge in [-0.2, -0.15) is 5.10 Å². The smallest absolute Gasteiger partial charge is 0.264 e. The van der Waals surface area contributed by atoms with E-state index >= 15 is 0 Å². The van der Waals surface area contributed by atoms with E-state index in [1.807, 2.05) is 36.1 Å². The first-order valence-electron chi connectivity index (χ1n) is 9.22. The third-order valence-corrected chi connectivity index (χ3v) is 6.64. The van der Waals surface area contributed by atoms with E-state index in [2.05, 4.69) is 33.6 Å². The molecule has 0 bridgehead atoms. The summed E-state index contributed by atoms with van der Waals surface area (Å²) in [6, 6.07) is 10.1. The van der Waals surface area contributed by atoms with Crippen LogP contribution in [-0.2, 0) is 19.1 Å². The van der Waals surface area contributed by atoms with Gasteiger partial charge >= 0.3 is 0 Å². The van der Waals surface area contributed by atoms with Gasteiger partial charge in [0, 0.05) is 44.0 Å². The number of amides is 1. The molecule has 1 saturated heterocycles. The number of aromatic nitrogens is 3. The molecule has 2 aliphatic heterocycles. The molecule has 1 spiro atoms. The molecule has 1 amide bonds. The molecule has 2 aromatic heterocycles. The first-order chi connectivity index (χ1) is 13.1. The molecule has 1 fully saturated rings. The molecule has 5 rings (SSSR count). The number of piperidine rings is 1. The Bertz CT molecular complexity index is 985. The van der Waals surface area contributed by atoms with Gasteiger partial charge in [-0.3, -0.25) is 14.4 Å². The van der Waals surface area contributed by atoms with Crippen molar-refractivity contribution >= 4 is 17.2 Å². The Hall–Kier alpha value is -2.51. The number of nitrogens with zero attached hydrogens (tertiary/aromatic N) is 4. The Labute approximate surface area is 161 Å². The van der Waals surface area contributed by atoms with E-state index in [4.69, 9.17) is 4.98 Å². The normalized spacial score (nSPS) is 18.6. The highest BCUT2D eigenvalue weighted by atomic mass is 32.1. The van der Waals surface area contributed by atoms with E-state index in [0.29, 0.717) is 0 Å². The molecule has 4 heterocycles. The Morgan fingerprint density at radius 1 is 1.22 bits per heavy atom. The topological polar surface area (TPSA) is 63.0 Å². The summed E-state index contributed by atoms with van der Waals surface area (Å²) in [6.07, 6.45) is 5.77. The Morgan fingerprint density at radius 2 is 2.00 bits per heavy atom. The van der Waals surface area contributed by atoms with Gasteiger partial charge in [-0.25, -0.2) is 4.98 Å². The standard InChI is InChI=1S/C20H21N5OS/c1-24-12-14(11-21-24)13-25-9-7-20(8-10-25)17-16(18(26)23-20)27-19(22-17)15-5-3-2-4-6-15/h2-6,11-12H,7-10,13H2,1H3,(H,23,26). The summed E-state index contributed by atoms with van der Waals surface area (Å²) in [7, 11) is 1.94. The number of carbonyl (C=O) groups excluding carboxylic acids is 1. The number of thiazole rings is 1. The van der Waals surface area contributed by atoms with Crippen LogP contribution < -0.4 is 5.32 Å². The Kier molecular flexibility index (Phi) is 3.87. The molecule has 138 valence electrons. The maximum absolute atomic E-state index is 12.6. The molecule has 0 saturated carbocycles. The highest BCUT2D eigenvalue weighted by molar-refractivity contribution is 7.17. The van der Waals surface area contributed by atoms with Gasteiger partial charge in [-0.15, -0.1) is 11.3 Å². The molecule has 6 nitrogen and oxygen atoms in total. The van der Waals surface area contributed by atoms with Crippen molar-refractivity contribution in [2.75, 3.05) is 13.1 Å². The Balaban J connectivity index is 1.37. The fourth-order valence-corrected chi connectivity index (χ4v) is 5.17. The summed E-state index contributed by atoms with van der Waals surface area (Å²) < 4.78 is 1.84. The van der Waals surface area contributed by atoms with Crippen molar-refractivity contribution in [3.63, 3.8) is 0 Å². The van der Waals surface area contributed by atoms with Crippen LogP contribution in [-0.4, -0.2) is 38.7 Å². The van der Waals surface area contributed by atoms with Gasteiger partial charge in [-0.05, 0) is 12.8 Å². The van der Waals surface area contributed by atoms with E-state index in [-0.39, 0.29) is 11.4 Å². The van der Waals surface area contributed by atoms with Crippen molar-refractivity contribution in [2.24, 2.45) is 7.05 Å². The van der Waals surface area contributed by atoms with Crippen LogP contribution >= 0.6 is 11.3 Å². The zero-order chi connectivity index (χ0) is 18.4. The van der Waals surface area contributed by atoms with Crippen molar-refractivity contribution in [1.82, 2.24) is 25.0 Å². The number of likely N-dealkylation sites (tertiary alicyclic amines) is 1. The van der Waals surface area contributed by atoms with Crippen LogP contribution in [0.1, 0.15) is 33.8 Å². The van der Waals surface area contributed by atoms with E-state index in [0.717, 1.165) is 53.6 Å². The Morgan fingerprint density at radius 3 is 2.70 bits per heavy atom. The van der Waals surface area contributed by atoms with Crippen LogP contribution in [0.3, 0.4) is 0 Å². The minimum atomic E-state index is -0.304. The second-order valence-corrected chi connectivity index (χ2v) is 8.40. The number of aryl methyl sites for hydroxylation is 1. The lowest BCUT2D eigenvalue weighted by Crippen LogP contribution is -2.49. The number of carbonyl (C=O) groups is 1. The van der Waals surface area contributed by atoms with Crippen molar-refractivity contribution in [3.8, 4) is 10.6 Å². The van der Waals surface area contributed by atoms with E-state index < -0.39 is 0 Å². The van der Waals surface area contributed by atoms with Crippen molar-refractivity contribution in [3.05, 3.63) is 58.9 Å². The van der Waals surface area contributed by atoms with Crippen molar-refractivity contribution < 1.29 is 4.79 Å². The number of hydrogen-bond donors (Lipinski definition) is 1. The minimum Gasteiger partial charge on any atom is -0.340 e. The van der Waals surface area contributed by atoms with Crippen molar-refractivity contribution in [2.45, 2.75) is 24.9 Å². The molecule has 0 aliphatic carbocycles. The maximum Gasteiger partial charge on any atom is 0.264 e. The summed E-state index contributed by atoms with van der Waals surface area (Å²) in [5, 5.41) is 8.43. The molecule has 0 unspecified atom stereocenters. The second-order valence-electron chi connectivity index (χ2n) is 7.40. The number of rotatable bonds is 3. The zero-order valence-corrected chi connectivity index (χ0v) is 16.0. The summed E-state index contributed by atoms with van der Waals surface area (Å²) in [5.41, 5.74) is 2.96. The fraction of sp³-hybridized carbons (Fsp3) is 0.350. The number of benzene rings is 1. The van der Waals surface area contributed by atoms with E-state index in [9.17, 15) is 4.79 Å². The monoisotopic (exact) mass is 379 g/mol. The van der Waals surface area contributed by atoms with E-state index in [1.165, 1.54) is 16.9 Å². The lowest BCUT2D eigenvalue weighted by atomic mass is 9.86. The third kappa shape index (κ3) is 2.87. The summed E-state index contributed by atoms with van der Waals surface area (Å²) in [6.45, 7) is 2.77. The lowest BCUT2D eigenvalue weighted by molar-refractivity contribution is 0.0854. The minimum absolute atomic E-state index is 0.0328. The van der Waals surface area contributed by atoms with Crippen LogP contribution in [0.5, 0.6) is 0 Å². The molecule has 2 aliphatic rings. The molecule has 1 N–H and O–H groups in total. The molecule has 27 heavy (non-hydrogen) atoms. The second kappa shape index (κ2) is 6.28. The van der Waals surface area contributed by atoms with Gasteiger partial charge in [0.2, 0.25) is 0 Å². The first kappa shape index (κ1) is 16.6. The highest BCUT2D eigenvalue weighted by Crippen LogP contribution is 2.43. The van der Waals surface area contributed by atoms with Gasteiger partial charge in [0.15, 0.2) is 0 Å². The molecular formula is C20H21N5OS. The molecule has 0 atom stereocenters. The average molecular weight is 379 g/mol. The van der Waals surface area contributed by atoms with Crippen LogP contribution in [0.2, 0.25) is 0 Å². The van der Waals surface area contributed by atoms with Crippen LogP contribution in [0.15, 0.2) is 42.7 Å². The number of nitrogens with one attached hydrogen (secondary N) is 1. The average Bonchev–Trinajstić information content (AvgIpc) is 3.36. The van der Waals surface area contributed by atoms with Gasteiger partial charge in [0.1, 0.15) is 9.88 Å². The van der Waals surface area contributed by atoms with Gasteiger partial charge in [0.05, 0.1) is 17.4 Å². The largest absolute Gasteiger partial charge is 0.340 e. The quantitative estimate of drug-likeness (QED) is 0.760. The van der Waals surface area contributed by atoms with Gasteiger partial charge in [0.25, 0.3) is 5.91 Å². The SMILES string of the molecule is Cn1cc(CN2CCC3(CC2)NC(=O)c2sc(-c4ccccc4)nc23)cn1. The molecule has 3 aromatic rings. The summed E-state index contributed by atoms with van der Waals surface area (Å²) in [5.74, 6) is 0.0328. The molecule has 0 radical (unpaired) electrons. The van der Waals surface area contributed by atoms with Gasteiger partial charge < -0.3 is 5.32 Å². The number of hydrogen-bond acceptors (Lipinski definition) is 5. The highest BCUT2D eigenvalue weighted by Gasteiger charge is 2.47. The summed E-state index contributed by atoms with van der Waals surface area (Å²) >= 11 is 1.51. The molecule has 1 aromatic carbocycles. The predicted octanol–water partition coefficient (Wildman–Crippen LogP) is 2.78. The third-order valence-electron chi connectivity index (χ3n) is 5.53. The molecular weight excluding hydrogens is 358 g/mol. The maximum atomic E-state index is 12.6. The van der Waals surface area contributed by atoms with Gasteiger partial charge in [-0.1, -0.05) is 30.3 Å². The van der Waals surface area contributed by atoms with Crippen LogP contribution in [0.25, 0.3) is 10.6 Å². The van der Waals surface area contributed by atoms with Crippen LogP contribution in [0, 0.1) is 0 Å². The first-order valence-corrected chi connectivity index (χ1v) is 10.0. The lowest BCUT2D eigenvalue weighted by Gasteiger charge is -2.38. The van der Waals surface area contributed by atoms with Crippen LogP contribution in [0.4, 0.5) is 0 Å². The fourth-order valence-electron chi connectivity index (χ4n) is 4.10. The van der Waals surface area contributed by atoms with E-state index in [1.54, 1.807) is 0 Å². The number of fused-ring (bicyclic) bond motifs is 2. The summed E-state index contributed by atoms with van der Waals surface area (Å²) in [4.78, 5) is 20.7. The zero-order valence-electron chi connectivity index (χ0n) is 15.2. The predicted molar refractivity (Wildman–Crippen MR) is 104 cm³/mol.